The van der Waals surface area contributed by atoms with Crippen molar-refractivity contribution in [3.63, 3.8) is 0 Å². The summed E-state index contributed by atoms with van der Waals surface area (Å²) in [5.74, 6) is 1.81. The van der Waals surface area contributed by atoms with E-state index < -0.39 is 0 Å². The lowest BCUT2D eigenvalue weighted by molar-refractivity contribution is 0.368. The van der Waals surface area contributed by atoms with Crippen LogP contribution < -0.4 is 10.1 Å². The van der Waals surface area contributed by atoms with Crippen molar-refractivity contribution in [1.29, 1.82) is 5.26 Å². The van der Waals surface area contributed by atoms with Crippen LogP contribution in [0.15, 0.2) is 36.7 Å². The van der Waals surface area contributed by atoms with Gasteiger partial charge in [0, 0.05) is 39.0 Å². The second-order valence-electron chi connectivity index (χ2n) is 4.47. The Hall–Kier alpha value is -2.32. The molecular formula is C15H18N4O. The van der Waals surface area contributed by atoms with Crippen LogP contribution in [0.5, 0.6) is 5.75 Å². The average molecular weight is 270 g/mol. The maximum Gasteiger partial charge on any atom is 0.174 e. The van der Waals surface area contributed by atoms with E-state index >= 15 is 0 Å². The molecule has 0 aliphatic heterocycles. The number of hydrogen-bond donors (Lipinski definition) is 1. The fourth-order valence-electron chi connectivity index (χ4n) is 1.89. The fourth-order valence-corrected chi connectivity index (χ4v) is 1.89. The van der Waals surface area contributed by atoms with Gasteiger partial charge >= 0.3 is 0 Å². The highest BCUT2D eigenvalue weighted by atomic mass is 16.5. The number of imidazole rings is 1. The van der Waals surface area contributed by atoms with E-state index in [9.17, 15) is 0 Å². The molecule has 0 aliphatic carbocycles. The van der Waals surface area contributed by atoms with Gasteiger partial charge in [-0.2, -0.15) is 5.26 Å². The molecule has 2 aromatic rings. The number of aryl methyl sites for hydroxylation is 1. The summed E-state index contributed by atoms with van der Waals surface area (Å²) in [7, 11) is 2.00. The third kappa shape index (κ3) is 4.11. The maximum absolute atomic E-state index is 8.43. The predicted molar refractivity (Wildman–Crippen MR) is 76.2 cm³/mol. The first-order valence-electron chi connectivity index (χ1n) is 6.55. The number of hydrogen-bond acceptors (Lipinski definition) is 4. The molecule has 0 bridgehead atoms. The van der Waals surface area contributed by atoms with Crippen molar-refractivity contribution < 1.29 is 4.74 Å². The van der Waals surface area contributed by atoms with Crippen LogP contribution >= 0.6 is 0 Å². The topological polar surface area (TPSA) is 62.9 Å². The number of aromatic nitrogens is 2. The van der Waals surface area contributed by atoms with Crippen LogP contribution in [-0.2, 0) is 20.0 Å². The van der Waals surface area contributed by atoms with E-state index in [0.29, 0.717) is 0 Å². The predicted octanol–water partition coefficient (Wildman–Crippen LogP) is 1.65. The molecule has 5 nitrogen and oxygen atoms in total. The Labute approximate surface area is 118 Å². The molecule has 0 saturated carbocycles. The molecular weight excluding hydrogens is 252 g/mol. The molecule has 0 amide bonds. The van der Waals surface area contributed by atoms with Gasteiger partial charge in [-0.05, 0) is 17.7 Å². The third-order valence-corrected chi connectivity index (χ3v) is 3.00. The molecule has 0 aliphatic rings. The lowest BCUT2D eigenvalue weighted by Gasteiger charge is -2.06. The molecule has 0 saturated heterocycles. The van der Waals surface area contributed by atoms with E-state index in [1.165, 1.54) is 5.56 Å². The van der Waals surface area contributed by atoms with E-state index in [4.69, 9.17) is 10.00 Å². The first-order valence-corrected chi connectivity index (χ1v) is 6.55. The lowest BCUT2D eigenvalue weighted by atomic mass is 10.2. The zero-order chi connectivity index (χ0) is 14.2. The number of ether oxygens (including phenoxy) is 1. The van der Waals surface area contributed by atoms with Crippen LogP contribution in [0.1, 0.15) is 11.4 Å². The SMILES string of the molecule is Cn1ccnc1CCNCc1ccc(OCC#N)cc1. The molecule has 20 heavy (non-hydrogen) atoms. The Morgan fingerprint density at radius 3 is 2.80 bits per heavy atom. The molecule has 1 aromatic carbocycles. The molecule has 1 aromatic heterocycles. The van der Waals surface area contributed by atoms with Gasteiger partial charge in [0.05, 0.1) is 0 Å². The van der Waals surface area contributed by atoms with E-state index in [1.54, 1.807) is 0 Å². The van der Waals surface area contributed by atoms with Crippen LogP contribution in [0.4, 0.5) is 0 Å². The minimum absolute atomic E-state index is 0.0846. The van der Waals surface area contributed by atoms with Crippen molar-refractivity contribution in [1.82, 2.24) is 14.9 Å². The Morgan fingerprint density at radius 2 is 2.15 bits per heavy atom. The highest BCUT2D eigenvalue weighted by molar-refractivity contribution is 5.27. The molecule has 2 rings (SSSR count). The molecule has 0 fully saturated rings. The van der Waals surface area contributed by atoms with Gasteiger partial charge in [0.2, 0.25) is 0 Å². The van der Waals surface area contributed by atoms with Crippen molar-refractivity contribution in [3.05, 3.63) is 48.0 Å². The number of benzene rings is 1. The van der Waals surface area contributed by atoms with Gasteiger partial charge in [-0.25, -0.2) is 4.98 Å². The van der Waals surface area contributed by atoms with Gasteiger partial charge in [0.1, 0.15) is 17.6 Å². The quantitative estimate of drug-likeness (QED) is 0.777. The fraction of sp³-hybridized carbons (Fsp3) is 0.333. The van der Waals surface area contributed by atoms with E-state index in [0.717, 1.165) is 31.1 Å². The van der Waals surface area contributed by atoms with Crippen molar-refractivity contribution in [3.8, 4) is 11.8 Å². The Bertz CT molecular complexity index is 568. The van der Waals surface area contributed by atoms with Gasteiger partial charge in [-0.15, -0.1) is 0 Å². The Kier molecular flexibility index (Phi) is 5.15. The highest BCUT2D eigenvalue weighted by Gasteiger charge is 1.99. The van der Waals surface area contributed by atoms with Crippen molar-refractivity contribution >= 4 is 0 Å². The molecule has 0 radical (unpaired) electrons. The number of nitrogens with one attached hydrogen (secondary N) is 1. The standard InChI is InChI=1S/C15H18N4O/c1-19-10-9-18-15(19)6-8-17-12-13-2-4-14(5-3-13)20-11-7-16/h2-5,9-10,17H,6,8,11-12H2,1H3. The Balaban J connectivity index is 1.71. The van der Waals surface area contributed by atoms with E-state index in [2.05, 4.69) is 10.3 Å². The summed E-state index contributed by atoms with van der Waals surface area (Å²) >= 11 is 0. The zero-order valence-electron chi connectivity index (χ0n) is 11.5. The zero-order valence-corrected chi connectivity index (χ0v) is 11.5. The molecule has 104 valence electrons. The molecule has 1 heterocycles. The van der Waals surface area contributed by atoms with Crippen LogP contribution in [0, 0.1) is 11.3 Å². The van der Waals surface area contributed by atoms with Gasteiger partial charge in [0.15, 0.2) is 6.61 Å². The Morgan fingerprint density at radius 1 is 1.35 bits per heavy atom. The van der Waals surface area contributed by atoms with E-state index in [-0.39, 0.29) is 6.61 Å². The average Bonchev–Trinajstić information content (AvgIpc) is 2.88. The van der Waals surface area contributed by atoms with Gasteiger partial charge in [-0.3, -0.25) is 0 Å². The molecule has 0 atom stereocenters. The number of nitrogens with zero attached hydrogens (tertiary/aromatic N) is 3. The van der Waals surface area contributed by atoms with Crippen LogP contribution in [0.25, 0.3) is 0 Å². The second-order valence-corrected chi connectivity index (χ2v) is 4.47. The molecule has 5 heteroatoms. The minimum Gasteiger partial charge on any atom is -0.479 e. The summed E-state index contributed by atoms with van der Waals surface area (Å²) in [6.45, 7) is 1.78. The lowest BCUT2D eigenvalue weighted by Crippen LogP contribution is -2.18. The molecule has 0 spiro atoms. The van der Waals surface area contributed by atoms with E-state index in [1.807, 2.05) is 54.3 Å². The van der Waals surface area contributed by atoms with Crippen molar-refractivity contribution in [2.75, 3.05) is 13.2 Å². The highest BCUT2D eigenvalue weighted by Crippen LogP contribution is 2.11. The number of nitriles is 1. The van der Waals surface area contributed by atoms with Gasteiger partial charge in [0.25, 0.3) is 0 Å². The third-order valence-electron chi connectivity index (χ3n) is 3.00. The summed E-state index contributed by atoms with van der Waals surface area (Å²) < 4.78 is 7.24. The van der Waals surface area contributed by atoms with Crippen LogP contribution in [-0.4, -0.2) is 22.7 Å². The van der Waals surface area contributed by atoms with Crippen molar-refractivity contribution in [2.45, 2.75) is 13.0 Å². The molecule has 1 N–H and O–H groups in total. The van der Waals surface area contributed by atoms with Gasteiger partial charge < -0.3 is 14.6 Å². The minimum atomic E-state index is 0.0846. The maximum atomic E-state index is 8.43. The number of rotatable bonds is 7. The normalized spacial score (nSPS) is 10.2. The van der Waals surface area contributed by atoms with Crippen molar-refractivity contribution in [2.24, 2.45) is 7.05 Å². The summed E-state index contributed by atoms with van der Waals surface area (Å²) in [6, 6.07) is 9.71. The summed E-state index contributed by atoms with van der Waals surface area (Å²) in [4.78, 5) is 4.28. The first-order chi connectivity index (χ1) is 9.79. The van der Waals surface area contributed by atoms with Gasteiger partial charge in [-0.1, -0.05) is 12.1 Å². The largest absolute Gasteiger partial charge is 0.479 e. The smallest absolute Gasteiger partial charge is 0.174 e. The monoisotopic (exact) mass is 270 g/mol. The van der Waals surface area contributed by atoms with Crippen LogP contribution in [0.3, 0.4) is 0 Å². The molecule has 0 unspecified atom stereocenters. The summed E-state index contributed by atoms with van der Waals surface area (Å²) in [5.41, 5.74) is 1.19. The first kappa shape index (κ1) is 14.1. The summed E-state index contributed by atoms with van der Waals surface area (Å²) in [6.07, 6.45) is 4.68. The summed E-state index contributed by atoms with van der Waals surface area (Å²) in [5, 5.41) is 11.8. The second kappa shape index (κ2) is 7.31. The van der Waals surface area contributed by atoms with Crippen LogP contribution in [0.2, 0.25) is 0 Å².